The van der Waals surface area contributed by atoms with Crippen LogP contribution in [-0.4, -0.2) is 38.9 Å². The molecule has 3 aromatic rings. The van der Waals surface area contributed by atoms with E-state index in [1.807, 2.05) is 12.3 Å². The summed E-state index contributed by atoms with van der Waals surface area (Å²) < 4.78 is 6.91. The van der Waals surface area contributed by atoms with Crippen molar-refractivity contribution in [2.75, 3.05) is 18.5 Å². The van der Waals surface area contributed by atoms with Gasteiger partial charge in [0.15, 0.2) is 0 Å². The molecule has 1 aliphatic rings. The smallest absolute Gasteiger partial charge is 0.308 e. The van der Waals surface area contributed by atoms with E-state index in [9.17, 15) is 9.59 Å². The number of nitrogens with zero attached hydrogens (tertiary/aromatic N) is 3. The van der Waals surface area contributed by atoms with Crippen molar-refractivity contribution in [3.05, 3.63) is 75.6 Å². The Hall–Kier alpha value is -3.42. The lowest BCUT2D eigenvalue weighted by atomic mass is 10.1. The largest absolute Gasteiger partial charge is 0.466 e. The van der Waals surface area contributed by atoms with Crippen molar-refractivity contribution < 1.29 is 9.53 Å². The van der Waals surface area contributed by atoms with Crippen LogP contribution in [-0.2, 0) is 28.8 Å². The van der Waals surface area contributed by atoms with Crippen LogP contribution in [0.1, 0.15) is 54.7 Å². The molecule has 4 heterocycles. The molecule has 2 N–H and O–H groups in total. The molecule has 0 amide bonds. The third kappa shape index (κ3) is 5.43. The number of esters is 1. The number of aromatic nitrogens is 4. The Labute approximate surface area is 187 Å². The van der Waals surface area contributed by atoms with Crippen LogP contribution in [0.15, 0.2) is 47.5 Å². The molecule has 4 rings (SSSR count). The topological polar surface area (TPSA) is 102 Å². The number of fused-ring (bicyclic) bond motifs is 1. The lowest BCUT2D eigenvalue weighted by Crippen LogP contribution is -2.19. The Morgan fingerprint density at radius 2 is 2.06 bits per heavy atom. The molecule has 168 valence electrons. The van der Waals surface area contributed by atoms with Crippen molar-refractivity contribution >= 4 is 11.8 Å². The van der Waals surface area contributed by atoms with E-state index < -0.39 is 0 Å². The molecular formula is C24H29N5O3. The number of hydrogen-bond acceptors (Lipinski definition) is 6. The van der Waals surface area contributed by atoms with E-state index in [1.165, 1.54) is 11.6 Å². The molecule has 8 nitrogen and oxygen atoms in total. The summed E-state index contributed by atoms with van der Waals surface area (Å²) in [6.45, 7) is 3.10. The Morgan fingerprint density at radius 1 is 1.19 bits per heavy atom. The van der Waals surface area contributed by atoms with Crippen LogP contribution < -0.4 is 10.9 Å². The van der Waals surface area contributed by atoms with Crippen molar-refractivity contribution in [2.24, 2.45) is 0 Å². The van der Waals surface area contributed by atoms with Crippen LogP contribution in [0.4, 0.5) is 5.82 Å². The third-order valence-corrected chi connectivity index (χ3v) is 5.66. The van der Waals surface area contributed by atoms with Crippen molar-refractivity contribution in [3.8, 4) is 0 Å². The summed E-state index contributed by atoms with van der Waals surface area (Å²) in [6, 6.07) is 9.12. The molecule has 3 aromatic heterocycles. The van der Waals surface area contributed by atoms with Gasteiger partial charge in [-0.1, -0.05) is 6.07 Å². The average molecular weight is 436 g/mol. The molecule has 0 saturated heterocycles. The first-order chi connectivity index (χ1) is 15.6. The van der Waals surface area contributed by atoms with E-state index in [4.69, 9.17) is 14.8 Å². The lowest BCUT2D eigenvalue weighted by Gasteiger charge is -2.17. The van der Waals surface area contributed by atoms with E-state index in [1.54, 1.807) is 23.9 Å². The van der Waals surface area contributed by atoms with E-state index in [0.29, 0.717) is 6.61 Å². The summed E-state index contributed by atoms with van der Waals surface area (Å²) >= 11 is 0. The molecule has 0 unspecified atom stereocenters. The Kier molecular flexibility index (Phi) is 6.99. The first kappa shape index (κ1) is 21.8. The van der Waals surface area contributed by atoms with Gasteiger partial charge in [-0.3, -0.25) is 14.3 Å². The second-order valence-corrected chi connectivity index (χ2v) is 7.99. The summed E-state index contributed by atoms with van der Waals surface area (Å²) in [6.07, 6.45) is 8.54. The highest BCUT2D eigenvalue weighted by Crippen LogP contribution is 2.22. The van der Waals surface area contributed by atoms with Gasteiger partial charge in [0.25, 0.3) is 0 Å². The van der Waals surface area contributed by atoms with Crippen LogP contribution in [0.25, 0.3) is 0 Å². The molecule has 0 aromatic carbocycles. The summed E-state index contributed by atoms with van der Waals surface area (Å²) in [5, 5.41) is 8.09. The fourth-order valence-electron chi connectivity index (χ4n) is 4.01. The maximum absolute atomic E-state index is 12.2. The van der Waals surface area contributed by atoms with E-state index in [-0.39, 0.29) is 24.0 Å². The van der Waals surface area contributed by atoms with Crippen LogP contribution in [0.3, 0.4) is 0 Å². The van der Waals surface area contributed by atoms with Crippen molar-refractivity contribution in [1.29, 1.82) is 0 Å². The summed E-state index contributed by atoms with van der Waals surface area (Å²) in [4.78, 5) is 31.0. The molecule has 0 spiro atoms. The van der Waals surface area contributed by atoms with Crippen molar-refractivity contribution in [1.82, 2.24) is 19.7 Å². The predicted octanol–water partition coefficient (Wildman–Crippen LogP) is 3.04. The van der Waals surface area contributed by atoms with E-state index >= 15 is 0 Å². The second kappa shape index (κ2) is 10.3. The maximum atomic E-state index is 12.2. The first-order valence-corrected chi connectivity index (χ1v) is 11.2. The molecule has 0 bridgehead atoms. The molecule has 1 aliphatic heterocycles. The number of carbonyl (C=O) groups excluding carboxylic acids is 1. The highest BCUT2D eigenvalue weighted by molar-refractivity contribution is 5.70. The minimum Gasteiger partial charge on any atom is -0.466 e. The number of anilines is 1. The van der Waals surface area contributed by atoms with Gasteiger partial charge in [-0.05, 0) is 68.4 Å². The number of pyridine rings is 2. The van der Waals surface area contributed by atoms with Gasteiger partial charge in [0.2, 0.25) is 5.56 Å². The lowest BCUT2D eigenvalue weighted by molar-refractivity contribution is -0.143. The number of rotatable bonds is 9. The highest BCUT2D eigenvalue weighted by Gasteiger charge is 2.20. The zero-order valence-corrected chi connectivity index (χ0v) is 18.3. The van der Waals surface area contributed by atoms with Gasteiger partial charge >= 0.3 is 5.97 Å². The maximum Gasteiger partial charge on any atom is 0.308 e. The van der Waals surface area contributed by atoms with Gasteiger partial charge in [0, 0.05) is 30.7 Å². The summed E-state index contributed by atoms with van der Waals surface area (Å²) in [5.41, 5.74) is 3.97. The fraction of sp³-hybridized carbons (Fsp3) is 0.417. The molecule has 0 saturated carbocycles. The minimum atomic E-state index is -0.340. The van der Waals surface area contributed by atoms with Gasteiger partial charge < -0.3 is 15.0 Å². The van der Waals surface area contributed by atoms with Gasteiger partial charge in [-0.15, -0.1) is 0 Å². The van der Waals surface area contributed by atoms with Gasteiger partial charge in [0.1, 0.15) is 5.82 Å². The number of nitrogens with one attached hydrogen (secondary N) is 2. The quantitative estimate of drug-likeness (QED) is 0.501. The number of ether oxygens (including phenoxy) is 1. The standard InChI is InChI=1S/C24H29N5O3/c1-2-32-23(31)15-21(18-9-11-22(30)26-16-18)29-14-12-20(28-29)7-3-6-19-10-8-17-5-4-13-25-24(17)27-19/h8-12,14,16,21H,2-7,13,15H2,1H3,(H,25,27)(H,26,30)/t21-/m0/s1. The zero-order valence-electron chi connectivity index (χ0n) is 18.3. The molecule has 0 fully saturated rings. The summed E-state index contributed by atoms with van der Waals surface area (Å²) in [5.74, 6) is 0.730. The predicted molar refractivity (Wildman–Crippen MR) is 122 cm³/mol. The van der Waals surface area contributed by atoms with Gasteiger partial charge in [-0.2, -0.15) is 5.10 Å². The van der Waals surface area contributed by atoms with E-state index in [2.05, 4.69) is 22.4 Å². The molecule has 0 radical (unpaired) electrons. The van der Waals surface area contributed by atoms with Crippen molar-refractivity contribution in [3.63, 3.8) is 0 Å². The average Bonchev–Trinajstić information content (AvgIpc) is 3.27. The first-order valence-electron chi connectivity index (χ1n) is 11.2. The van der Waals surface area contributed by atoms with Crippen LogP contribution in [0.5, 0.6) is 0 Å². The van der Waals surface area contributed by atoms with Gasteiger partial charge in [-0.25, -0.2) is 4.98 Å². The number of carbonyl (C=O) groups is 1. The SMILES string of the molecule is CCOC(=O)C[C@@H](c1ccc(=O)[nH]c1)n1ccc(CCCc2ccc3c(n2)NCCC3)n1. The summed E-state index contributed by atoms with van der Waals surface area (Å²) in [7, 11) is 0. The number of H-pyrrole nitrogens is 1. The highest BCUT2D eigenvalue weighted by atomic mass is 16.5. The Bertz CT molecular complexity index is 1100. The number of hydrogen-bond donors (Lipinski definition) is 2. The van der Waals surface area contributed by atoms with Crippen LogP contribution >= 0.6 is 0 Å². The Balaban J connectivity index is 1.41. The third-order valence-electron chi connectivity index (χ3n) is 5.66. The molecular weight excluding hydrogens is 406 g/mol. The Morgan fingerprint density at radius 3 is 2.88 bits per heavy atom. The fourth-order valence-corrected chi connectivity index (χ4v) is 4.01. The second-order valence-electron chi connectivity index (χ2n) is 7.99. The zero-order chi connectivity index (χ0) is 22.3. The van der Waals surface area contributed by atoms with Crippen LogP contribution in [0.2, 0.25) is 0 Å². The molecule has 8 heteroatoms. The number of aromatic amines is 1. The minimum absolute atomic E-state index is 0.146. The molecule has 1 atom stereocenters. The number of aryl methyl sites for hydroxylation is 3. The monoisotopic (exact) mass is 435 g/mol. The molecule has 32 heavy (non-hydrogen) atoms. The van der Waals surface area contributed by atoms with Gasteiger partial charge in [0.05, 0.1) is 24.8 Å². The van der Waals surface area contributed by atoms with Crippen LogP contribution in [0, 0.1) is 0 Å². The van der Waals surface area contributed by atoms with Crippen molar-refractivity contribution in [2.45, 2.75) is 51.5 Å². The molecule has 0 aliphatic carbocycles. The van der Waals surface area contributed by atoms with E-state index in [0.717, 1.165) is 61.4 Å². The normalized spacial score (nSPS) is 13.8.